The van der Waals surface area contributed by atoms with Crippen LogP contribution in [0.25, 0.3) is 11.1 Å². The zero-order valence-corrected chi connectivity index (χ0v) is 22.8. The molecular formula is C31H29ClN2O5. The van der Waals surface area contributed by atoms with Crippen molar-refractivity contribution in [1.29, 1.82) is 0 Å². The van der Waals surface area contributed by atoms with Crippen LogP contribution < -0.4 is 20.1 Å². The van der Waals surface area contributed by atoms with Gasteiger partial charge in [-0.15, -0.1) is 0 Å². The Labute approximate surface area is 232 Å². The molecule has 0 aliphatic carbocycles. The molecule has 0 spiro atoms. The van der Waals surface area contributed by atoms with Crippen LogP contribution in [0.4, 0.5) is 16.2 Å². The van der Waals surface area contributed by atoms with Gasteiger partial charge in [0.15, 0.2) is 5.75 Å². The summed E-state index contributed by atoms with van der Waals surface area (Å²) < 4.78 is 11.5. The molecule has 0 atom stereocenters. The number of aromatic carboxylic acids is 1. The highest BCUT2D eigenvalue weighted by molar-refractivity contribution is 6.33. The number of amides is 2. The van der Waals surface area contributed by atoms with Gasteiger partial charge in [0.25, 0.3) is 0 Å². The Morgan fingerprint density at radius 2 is 1.51 bits per heavy atom. The fraction of sp³-hybridized carbons (Fsp3) is 0.161. The van der Waals surface area contributed by atoms with Crippen molar-refractivity contribution >= 4 is 35.0 Å². The summed E-state index contributed by atoms with van der Waals surface area (Å²) in [5.41, 5.74) is 2.67. The van der Waals surface area contributed by atoms with Crippen molar-refractivity contribution in [3.63, 3.8) is 0 Å². The van der Waals surface area contributed by atoms with Crippen molar-refractivity contribution in [2.24, 2.45) is 0 Å². The van der Waals surface area contributed by atoms with E-state index in [1.165, 1.54) is 13.2 Å². The first kappa shape index (κ1) is 27.5. The molecule has 0 bridgehead atoms. The number of carboxylic acid groups (broad SMARTS) is 1. The summed E-state index contributed by atoms with van der Waals surface area (Å²) in [6, 6.07) is 24.0. The molecule has 0 saturated carbocycles. The summed E-state index contributed by atoms with van der Waals surface area (Å²) >= 11 is 6.21. The Morgan fingerprint density at radius 1 is 0.821 bits per heavy atom. The molecule has 0 saturated heterocycles. The molecule has 8 heteroatoms. The standard InChI is InChI=1S/C31H29ClN2O5/c1-31(2,3)23-9-5-8-12-27(23)39-28-16-13-19(21-15-14-20(38-4)18-22(21)29(35)36)17-26(28)34-30(37)33-25-11-7-6-10-24(25)32/h5-18H,1-4H3,(H,35,36)(H2,33,34,37). The number of halogens is 1. The summed E-state index contributed by atoms with van der Waals surface area (Å²) in [4.78, 5) is 25.1. The van der Waals surface area contributed by atoms with Gasteiger partial charge < -0.3 is 25.2 Å². The molecular weight excluding hydrogens is 516 g/mol. The van der Waals surface area contributed by atoms with Crippen LogP contribution in [0.3, 0.4) is 0 Å². The number of carboxylic acids is 1. The van der Waals surface area contributed by atoms with E-state index in [2.05, 4.69) is 31.4 Å². The first-order chi connectivity index (χ1) is 18.6. The number of urea groups is 1. The van der Waals surface area contributed by atoms with Crippen molar-refractivity contribution in [1.82, 2.24) is 0 Å². The fourth-order valence-corrected chi connectivity index (χ4v) is 4.28. The SMILES string of the molecule is COc1ccc(-c2ccc(Oc3ccccc3C(C)(C)C)c(NC(=O)Nc3ccccc3Cl)c2)c(C(=O)O)c1. The van der Waals surface area contributed by atoms with Gasteiger partial charge in [-0.25, -0.2) is 9.59 Å². The van der Waals surface area contributed by atoms with Crippen LogP contribution in [-0.4, -0.2) is 24.2 Å². The summed E-state index contributed by atoms with van der Waals surface area (Å²) in [5, 5.41) is 15.8. The molecule has 0 aromatic heterocycles. The van der Waals surface area contributed by atoms with Crippen molar-refractivity contribution in [2.75, 3.05) is 17.7 Å². The molecule has 0 unspecified atom stereocenters. The maximum Gasteiger partial charge on any atom is 0.336 e. The van der Waals surface area contributed by atoms with Gasteiger partial charge >= 0.3 is 12.0 Å². The highest BCUT2D eigenvalue weighted by atomic mass is 35.5. The van der Waals surface area contributed by atoms with Gasteiger partial charge in [-0.1, -0.05) is 68.8 Å². The van der Waals surface area contributed by atoms with E-state index in [4.69, 9.17) is 21.1 Å². The van der Waals surface area contributed by atoms with Crippen LogP contribution in [0, 0.1) is 0 Å². The number of rotatable bonds is 7. The predicted octanol–water partition coefficient (Wildman–Crippen LogP) is 8.45. The lowest BCUT2D eigenvalue weighted by molar-refractivity contribution is 0.0697. The number of benzene rings is 4. The lowest BCUT2D eigenvalue weighted by Crippen LogP contribution is -2.20. The van der Waals surface area contributed by atoms with Crippen molar-refractivity contribution in [2.45, 2.75) is 26.2 Å². The number of methoxy groups -OCH3 is 1. The second-order valence-corrected chi connectivity index (χ2v) is 10.2. The molecule has 4 aromatic carbocycles. The Balaban J connectivity index is 1.77. The Kier molecular flexibility index (Phi) is 8.12. The number of carbonyl (C=O) groups excluding carboxylic acids is 1. The first-order valence-corrected chi connectivity index (χ1v) is 12.6. The average Bonchev–Trinajstić information content (AvgIpc) is 2.90. The quantitative estimate of drug-likeness (QED) is 0.217. The van der Waals surface area contributed by atoms with E-state index in [0.29, 0.717) is 44.8 Å². The molecule has 3 N–H and O–H groups in total. The normalized spacial score (nSPS) is 11.0. The number of anilines is 2. The van der Waals surface area contributed by atoms with Gasteiger partial charge in [0.05, 0.1) is 29.1 Å². The van der Waals surface area contributed by atoms with E-state index in [9.17, 15) is 14.7 Å². The molecule has 4 aromatic rings. The van der Waals surface area contributed by atoms with Crippen LogP contribution in [0.15, 0.2) is 84.9 Å². The van der Waals surface area contributed by atoms with Crippen LogP contribution in [0.2, 0.25) is 5.02 Å². The maximum atomic E-state index is 13.0. The molecule has 0 fully saturated rings. The molecule has 2 amide bonds. The number of ether oxygens (including phenoxy) is 2. The van der Waals surface area contributed by atoms with Gasteiger partial charge in [-0.05, 0) is 65.1 Å². The third kappa shape index (κ3) is 6.51. The van der Waals surface area contributed by atoms with E-state index in [0.717, 1.165) is 5.56 Å². The minimum absolute atomic E-state index is 0.0626. The van der Waals surface area contributed by atoms with Crippen molar-refractivity contribution in [3.05, 3.63) is 101 Å². The number of nitrogens with one attached hydrogen (secondary N) is 2. The number of hydrogen-bond acceptors (Lipinski definition) is 4. The van der Waals surface area contributed by atoms with E-state index in [-0.39, 0.29) is 11.0 Å². The highest BCUT2D eigenvalue weighted by Gasteiger charge is 2.21. The van der Waals surface area contributed by atoms with E-state index < -0.39 is 12.0 Å². The summed E-state index contributed by atoms with van der Waals surface area (Å²) in [6.07, 6.45) is 0. The third-order valence-electron chi connectivity index (χ3n) is 6.03. The molecule has 7 nitrogen and oxygen atoms in total. The zero-order chi connectivity index (χ0) is 28.2. The van der Waals surface area contributed by atoms with E-state index >= 15 is 0 Å². The largest absolute Gasteiger partial charge is 0.497 e. The number of hydrogen-bond donors (Lipinski definition) is 3. The zero-order valence-electron chi connectivity index (χ0n) is 22.0. The Morgan fingerprint density at radius 3 is 2.21 bits per heavy atom. The maximum absolute atomic E-state index is 13.0. The molecule has 200 valence electrons. The fourth-order valence-electron chi connectivity index (χ4n) is 4.10. The monoisotopic (exact) mass is 544 g/mol. The third-order valence-corrected chi connectivity index (χ3v) is 6.36. The van der Waals surface area contributed by atoms with Gasteiger partial charge in [-0.3, -0.25) is 0 Å². The van der Waals surface area contributed by atoms with Crippen molar-refractivity contribution < 1.29 is 24.2 Å². The smallest absolute Gasteiger partial charge is 0.336 e. The summed E-state index contributed by atoms with van der Waals surface area (Å²) in [7, 11) is 1.47. The number of para-hydroxylation sites is 2. The number of carbonyl (C=O) groups is 2. The second-order valence-electron chi connectivity index (χ2n) is 9.83. The van der Waals surface area contributed by atoms with Gasteiger partial charge in [-0.2, -0.15) is 0 Å². The lowest BCUT2D eigenvalue weighted by Gasteiger charge is -2.23. The minimum Gasteiger partial charge on any atom is -0.497 e. The van der Waals surface area contributed by atoms with Gasteiger partial charge in [0, 0.05) is 5.56 Å². The van der Waals surface area contributed by atoms with Gasteiger partial charge in [0.2, 0.25) is 0 Å². The minimum atomic E-state index is -1.10. The van der Waals surface area contributed by atoms with E-state index in [1.807, 2.05) is 24.3 Å². The molecule has 0 aliphatic rings. The molecule has 0 aliphatic heterocycles. The molecule has 0 radical (unpaired) electrons. The van der Waals surface area contributed by atoms with Gasteiger partial charge in [0.1, 0.15) is 11.5 Å². The average molecular weight is 545 g/mol. The molecule has 39 heavy (non-hydrogen) atoms. The Hall–Kier alpha value is -4.49. The summed E-state index contributed by atoms with van der Waals surface area (Å²) in [6.45, 7) is 6.27. The van der Waals surface area contributed by atoms with Crippen LogP contribution >= 0.6 is 11.6 Å². The van der Waals surface area contributed by atoms with E-state index in [1.54, 1.807) is 54.6 Å². The second kappa shape index (κ2) is 11.5. The van der Waals surface area contributed by atoms with Crippen molar-refractivity contribution in [3.8, 4) is 28.4 Å². The lowest BCUT2D eigenvalue weighted by atomic mass is 9.86. The highest BCUT2D eigenvalue weighted by Crippen LogP contribution is 2.39. The van der Waals surface area contributed by atoms with Crippen LogP contribution in [0.5, 0.6) is 17.2 Å². The van der Waals surface area contributed by atoms with Crippen LogP contribution in [-0.2, 0) is 5.41 Å². The predicted molar refractivity (Wildman–Crippen MR) is 155 cm³/mol. The summed E-state index contributed by atoms with van der Waals surface area (Å²) in [5.74, 6) is 0.347. The molecule has 0 heterocycles. The topological polar surface area (TPSA) is 96.9 Å². The van der Waals surface area contributed by atoms with Crippen LogP contribution in [0.1, 0.15) is 36.7 Å². The first-order valence-electron chi connectivity index (χ1n) is 12.2. The molecule has 4 rings (SSSR count). The Bertz CT molecular complexity index is 1530.